The van der Waals surface area contributed by atoms with E-state index in [4.69, 9.17) is 20.6 Å². The highest BCUT2D eigenvalue weighted by molar-refractivity contribution is 7.85. The van der Waals surface area contributed by atoms with E-state index in [9.17, 15) is 8.42 Å². The molecule has 0 saturated carbocycles. The third-order valence-electron chi connectivity index (χ3n) is 2.02. The van der Waals surface area contributed by atoms with E-state index in [0.717, 1.165) is 0 Å². The minimum absolute atomic E-state index is 0.219. The zero-order valence-electron chi connectivity index (χ0n) is 7.92. The SMILES string of the molecule is O=S(=O)(O)c1ccc(Cl)c(-c2ccco2)c1. The summed E-state index contributed by atoms with van der Waals surface area (Å²) in [6, 6.07) is 7.18. The van der Waals surface area contributed by atoms with Crippen LogP contribution in [0.25, 0.3) is 11.3 Å². The van der Waals surface area contributed by atoms with E-state index in [0.29, 0.717) is 16.3 Å². The van der Waals surface area contributed by atoms with Gasteiger partial charge in [-0.2, -0.15) is 8.42 Å². The van der Waals surface area contributed by atoms with E-state index < -0.39 is 10.1 Å². The van der Waals surface area contributed by atoms with Crippen molar-refractivity contribution in [2.75, 3.05) is 0 Å². The molecule has 0 spiro atoms. The van der Waals surface area contributed by atoms with Crippen molar-refractivity contribution in [3.05, 3.63) is 41.6 Å². The first-order valence-corrected chi connectivity index (χ1v) is 6.11. The van der Waals surface area contributed by atoms with Crippen molar-refractivity contribution in [3.63, 3.8) is 0 Å². The third kappa shape index (κ3) is 2.11. The number of hydrogen-bond donors (Lipinski definition) is 1. The molecule has 1 heterocycles. The van der Waals surface area contributed by atoms with Crippen LogP contribution in [0.1, 0.15) is 0 Å². The molecule has 1 N–H and O–H groups in total. The zero-order valence-corrected chi connectivity index (χ0v) is 9.49. The van der Waals surface area contributed by atoms with Crippen LogP contribution in [-0.4, -0.2) is 13.0 Å². The number of halogens is 1. The largest absolute Gasteiger partial charge is 0.464 e. The van der Waals surface area contributed by atoms with E-state index in [1.165, 1.54) is 24.5 Å². The van der Waals surface area contributed by atoms with Crippen molar-refractivity contribution in [2.45, 2.75) is 4.90 Å². The molecule has 0 aliphatic carbocycles. The first kappa shape index (κ1) is 11.2. The van der Waals surface area contributed by atoms with Crippen LogP contribution in [0.2, 0.25) is 5.02 Å². The molecule has 4 nitrogen and oxygen atoms in total. The van der Waals surface area contributed by atoms with Crippen LogP contribution in [-0.2, 0) is 10.1 Å². The Bertz CT molecular complexity index is 602. The van der Waals surface area contributed by atoms with Gasteiger partial charge < -0.3 is 4.42 Å². The summed E-state index contributed by atoms with van der Waals surface area (Å²) in [6.07, 6.45) is 1.45. The monoisotopic (exact) mass is 258 g/mol. The fourth-order valence-electron chi connectivity index (χ4n) is 1.29. The average Bonchev–Trinajstić information content (AvgIpc) is 2.69. The molecule has 16 heavy (non-hydrogen) atoms. The van der Waals surface area contributed by atoms with Crippen LogP contribution in [0.15, 0.2) is 45.9 Å². The number of benzene rings is 1. The lowest BCUT2D eigenvalue weighted by Crippen LogP contribution is -1.98. The van der Waals surface area contributed by atoms with Crippen LogP contribution in [0.5, 0.6) is 0 Å². The Morgan fingerprint density at radius 2 is 2.00 bits per heavy atom. The predicted molar refractivity (Wildman–Crippen MR) is 59.0 cm³/mol. The minimum Gasteiger partial charge on any atom is -0.464 e. The second kappa shape index (κ2) is 3.93. The highest BCUT2D eigenvalue weighted by Crippen LogP contribution is 2.30. The molecule has 0 fully saturated rings. The van der Waals surface area contributed by atoms with Gasteiger partial charge in [0.15, 0.2) is 0 Å². The Hall–Kier alpha value is -1.30. The van der Waals surface area contributed by atoms with Crippen molar-refractivity contribution in [1.29, 1.82) is 0 Å². The molecule has 0 bridgehead atoms. The van der Waals surface area contributed by atoms with Crippen LogP contribution in [0, 0.1) is 0 Å². The molecule has 1 aromatic carbocycles. The van der Waals surface area contributed by atoms with Crippen LogP contribution >= 0.6 is 11.6 Å². The van der Waals surface area contributed by atoms with Crippen molar-refractivity contribution in [2.24, 2.45) is 0 Å². The molecule has 0 aliphatic rings. The van der Waals surface area contributed by atoms with Crippen molar-refractivity contribution in [3.8, 4) is 11.3 Å². The molecule has 0 unspecified atom stereocenters. The van der Waals surface area contributed by atoms with E-state index in [1.54, 1.807) is 12.1 Å². The van der Waals surface area contributed by atoms with Gasteiger partial charge in [0.2, 0.25) is 0 Å². The van der Waals surface area contributed by atoms with Crippen molar-refractivity contribution in [1.82, 2.24) is 0 Å². The Labute approximate surface area is 97.2 Å². The molecular weight excluding hydrogens is 252 g/mol. The van der Waals surface area contributed by atoms with Crippen LogP contribution < -0.4 is 0 Å². The normalized spacial score (nSPS) is 11.6. The molecule has 6 heteroatoms. The van der Waals surface area contributed by atoms with Gasteiger partial charge in [0.1, 0.15) is 5.76 Å². The molecule has 0 atom stereocenters. The van der Waals surface area contributed by atoms with Crippen LogP contribution in [0.4, 0.5) is 0 Å². The molecular formula is C10H7ClO4S. The molecule has 0 radical (unpaired) electrons. The molecule has 84 valence electrons. The van der Waals surface area contributed by atoms with Gasteiger partial charge in [0.25, 0.3) is 10.1 Å². The number of furan rings is 1. The Morgan fingerprint density at radius 1 is 1.25 bits per heavy atom. The van der Waals surface area contributed by atoms with E-state index in [-0.39, 0.29) is 4.90 Å². The fraction of sp³-hybridized carbons (Fsp3) is 0. The van der Waals surface area contributed by atoms with Gasteiger partial charge in [-0.05, 0) is 30.3 Å². The standard InChI is InChI=1S/C10H7ClO4S/c11-9-4-3-7(16(12,13)14)6-8(9)10-2-1-5-15-10/h1-6H,(H,12,13,14). The van der Waals surface area contributed by atoms with Gasteiger partial charge in [0.05, 0.1) is 16.2 Å². The van der Waals surface area contributed by atoms with Gasteiger partial charge >= 0.3 is 0 Å². The maximum absolute atomic E-state index is 10.9. The summed E-state index contributed by atoms with van der Waals surface area (Å²) in [7, 11) is -4.23. The van der Waals surface area contributed by atoms with Gasteiger partial charge in [-0.15, -0.1) is 0 Å². The second-order valence-electron chi connectivity index (χ2n) is 3.09. The summed E-state index contributed by atoms with van der Waals surface area (Å²) >= 11 is 5.90. The number of hydrogen-bond acceptors (Lipinski definition) is 3. The van der Waals surface area contributed by atoms with E-state index >= 15 is 0 Å². The van der Waals surface area contributed by atoms with Crippen molar-refractivity contribution < 1.29 is 17.4 Å². The van der Waals surface area contributed by atoms with Gasteiger partial charge in [-0.1, -0.05) is 11.6 Å². The summed E-state index contributed by atoms with van der Waals surface area (Å²) in [5, 5.41) is 0.349. The highest BCUT2D eigenvalue weighted by Gasteiger charge is 2.14. The maximum Gasteiger partial charge on any atom is 0.294 e. The van der Waals surface area contributed by atoms with Gasteiger partial charge in [-0.3, -0.25) is 4.55 Å². The molecule has 2 rings (SSSR count). The summed E-state index contributed by atoms with van der Waals surface area (Å²) in [4.78, 5) is -0.219. The molecule has 2 aromatic rings. The van der Waals surface area contributed by atoms with Crippen LogP contribution in [0.3, 0.4) is 0 Å². The minimum atomic E-state index is -4.23. The smallest absolute Gasteiger partial charge is 0.294 e. The highest BCUT2D eigenvalue weighted by atomic mass is 35.5. The van der Waals surface area contributed by atoms with Gasteiger partial charge in [-0.25, -0.2) is 0 Å². The summed E-state index contributed by atoms with van der Waals surface area (Å²) < 4.78 is 35.9. The zero-order chi connectivity index (χ0) is 11.8. The Balaban J connectivity index is 2.63. The lowest BCUT2D eigenvalue weighted by molar-refractivity contribution is 0.483. The van der Waals surface area contributed by atoms with E-state index in [2.05, 4.69) is 0 Å². The van der Waals surface area contributed by atoms with Gasteiger partial charge in [0, 0.05) is 5.56 Å². The topological polar surface area (TPSA) is 67.5 Å². The predicted octanol–water partition coefficient (Wildman–Crippen LogP) is 2.85. The quantitative estimate of drug-likeness (QED) is 0.841. The number of rotatable bonds is 2. The first-order chi connectivity index (χ1) is 7.48. The first-order valence-electron chi connectivity index (χ1n) is 4.29. The fourth-order valence-corrected chi connectivity index (χ4v) is 2.00. The molecule has 0 amide bonds. The average molecular weight is 259 g/mol. The lowest BCUT2D eigenvalue weighted by atomic mass is 10.2. The Morgan fingerprint density at radius 3 is 2.56 bits per heavy atom. The summed E-state index contributed by atoms with van der Waals surface area (Å²) in [5.74, 6) is 0.440. The second-order valence-corrected chi connectivity index (χ2v) is 4.92. The summed E-state index contributed by atoms with van der Waals surface area (Å²) in [5.41, 5.74) is 0.418. The lowest BCUT2D eigenvalue weighted by Gasteiger charge is -2.03. The molecule has 0 saturated heterocycles. The third-order valence-corrected chi connectivity index (χ3v) is 3.20. The summed E-state index contributed by atoms with van der Waals surface area (Å²) in [6.45, 7) is 0. The van der Waals surface area contributed by atoms with Crippen molar-refractivity contribution >= 4 is 21.7 Å². The Kier molecular flexibility index (Phi) is 2.75. The molecule has 1 aromatic heterocycles. The van der Waals surface area contributed by atoms with E-state index in [1.807, 2.05) is 0 Å². The maximum atomic E-state index is 10.9. The molecule has 0 aliphatic heterocycles.